The monoisotopic (exact) mass is 247 g/mol. The Morgan fingerprint density at radius 2 is 1.82 bits per heavy atom. The fourth-order valence-corrected chi connectivity index (χ4v) is 1.81. The third kappa shape index (κ3) is 3.12. The standard InChI is InChI=1S/C12H16F3NO/c1-8-5-6-10(17-4)9(7-8)11(16(2)3)12(13,14)15/h5-7,11H,1-4H3. The Morgan fingerprint density at radius 3 is 2.24 bits per heavy atom. The summed E-state index contributed by atoms with van der Waals surface area (Å²) in [6, 6.07) is 3.15. The van der Waals surface area contributed by atoms with Crippen LogP contribution < -0.4 is 4.74 Å². The van der Waals surface area contributed by atoms with Crippen molar-refractivity contribution in [3.8, 4) is 5.75 Å². The average Bonchev–Trinajstić information content (AvgIpc) is 2.15. The summed E-state index contributed by atoms with van der Waals surface area (Å²) < 4.78 is 44.0. The molecule has 2 nitrogen and oxygen atoms in total. The zero-order chi connectivity index (χ0) is 13.2. The molecule has 0 saturated carbocycles. The van der Waals surface area contributed by atoms with Crippen molar-refractivity contribution in [2.24, 2.45) is 0 Å². The normalized spacial score (nSPS) is 13.9. The molecule has 1 rings (SSSR count). The molecular formula is C12H16F3NO. The number of methoxy groups -OCH3 is 1. The van der Waals surface area contributed by atoms with Crippen LogP contribution in [0.15, 0.2) is 18.2 Å². The maximum absolute atomic E-state index is 13.0. The Hall–Kier alpha value is -1.23. The molecule has 5 heteroatoms. The van der Waals surface area contributed by atoms with Gasteiger partial charge in [0.15, 0.2) is 0 Å². The van der Waals surface area contributed by atoms with Crippen LogP contribution in [0.25, 0.3) is 0 Å². The molecule has 0 aliphatic rings. The molecule has 1 atom stereocenters. The Bertz CT molecular complexity index is 388. The molecule has 0 amide bonds. The Kier molecular flexibility index (Phi) is 4.03. The van der Waals surface area contributed by atoms with Crippen molar-refractivity contribution in [2.45, 2.75) is 19.1 Å². The lowest BCUT2D eigenvalue weighted by Gasteiger charge is -2.28. The van der Waals surface area contributed by atoms with Gasteiger partial charge < -0.3 is 4.74 Å². The van der Waals surface area contributed by atoms with E-state index in [1.165, 1.54) is 27.3 Å². The maximum atomic E-state index is 13.0. The van der Waals surface area contributed by atoms with Gasteiger partial charge in [-0.15, -0.1) is 0 Å². The number of hydrogen-bond acceptors (Lipinski definition) is 2. The van der Waals surface area contributed by atoms with Gasteiger partial charge in [0.1, 0.15) is 11.8 Å². The van der Waals surface area contributed by atoms with E-state index in [1.54, 1.807) is 19.1 Å². The van der Waals surface area contributed by atoms with Crippen LogP contribution in [0.5, 0.6) is 5.75 Å². The fraction of sp³-hybridized carbons (Fsp3) is 0.500. The zero-order valence-electron chi connectivity index (χ0n) is 10.3. The highest BCUT2D eigenvalue weighted by Gasteiger charge is 2.43. The molecule has 96 valence electrons. The van der Waals surface area contributed by atoms with Gasteiger partial charge >= 0.3 is 6.18 Å². The summed E-state index contributed by atoms with van der Waals surface area (Å²) in [6.45, 7) is 1.76. The molecule has 0 bridgehead atoms. The molecule has 17 heavy (non-hydrogen) atoms. The summed E-state index contributed by atoms with van der Waals surface area (Å²) in [5.41, 5.74) is 0.918. The predicted molar refractivity (Wildman–Crippen MR) is 60.2 cm³/mol. The highest BCUT2D eigenvalue weighted by Crippen LogP contribution is 2.40. The van der Waals surface area contributed by atoms with E-state index in [2.05, 4.69) is 0 Å². The Labute approximate surface area is 99.0 Å². The predicted octanol–water partition coefficient (Wildman–Crippen LogP) is 3.17. The van der Waals surface area contributed by atoms with E-state index < -0.39 is 12.2 Å². The van der Waals surface area contributed by atoms with Gasteiger partial charge in [-0.3, -0.25) is 4.90 Å². The third-order valence-electron chi connectivity index (χ3n) is 2.51. The summed E-state index contributed by atoms with van der Waals surface area (Å²) >= 11 is 0. The number of nitrogens with zero attached hydrogens (tertiary/aromatic N) is 1. The van der Waals surface area contributed by atoms with Crippen molar-refractivity contribution < 1.29 is 17.9 Å². The lowest BCUT2D eigenvalue weighted by Crippen LogP contribution is -2.33. The lowest BCUT2D eigenvalue weighted by molar-refractivity contribution is -0.179. The second-order valence-corrected chi connectivity index (χ2v) is 4.15. The molecule has 0 heterocycles. The lowest BCUT2D eigenvalue weighted by atomic mass is 10.0. The fourth-order valence-electron chi connectivity index (χ4n) is 1.81. The summed E-state index contributed by atoms with van der Waals surface area (Å²) in [5.74, 6) is 0.256. The van der Waals surface area contributed by atoms with Gasteiger partial charge in [-0.25, -0.2) is 0 Å². The van der Waals surface area contributed by atoms with Crippen molar-refractivity contribution in [3.05, 3.63) is 29.3 Å². The molecule has 0 aliphatic heterocycles. The van der Waals surface area contributed by atoms with Gasteiger partial charge in [0.2, 0.25) is 0 Å². The topological polar surface area (TPSA) is 12.5 Å². The van der Waals surface area contributed by atoms with E-state index in [0.717, 1.165) is 10.5 Å². The molecule has 1 unspecified atom stereocenters. The molecule has 0 saturated heterocycles. The van der Waals surface area contributed by atoms with Gasteiger partial charge in [-0.05, 0) is 27.1 Å². The summed E-state index contributed by atoms with van der Waals surface area (Å²) in [7, 11) is 4.18. The van der Waals surface area contributed by atoms with Crippen molar-refractivity contribution in [1.82, 2.24) is 4.90 Å². The van der Waals surface area contributed by atoms with E-state index in [9.17, 15) is 13.2 Å². The number of halogens is 3. The Balaban J connectivity index is 3.32. The highest BCUT2D eigenvalue weighted by atomic mass is 19.4. The van der Waals surface area contributed by atoms with E-state index in [-0.39, 0.29) is 11.3 Å². The first-order chi connectivity index (χ1) is 7.77. The molecule has 0 aromatic heterocycles. The van der Waals surface area contributed by atoms with Crippen LogP contribution in [0.4, 0.5) is 13.2 Å². The first kappa shape index (κ1) is 13.8. The number of hydrogen-bond donors (Lipinski definition) is 0. The number of rotatable bonds is 3. The van der Waals surface area contributed by atoms with Crippen molar-refractivity contribution in [3.63, 3.8) is 0 Å². The summed E-state index contributed by atoms with van der Waals surface area (Å²) in [4.78, 5) is 1.14. The molecule has 0 aliphatic carbocycles. The van der Waals surface area contributed by atoms with Crippen molar-refractivity contribution in [2.75, 3.05) is 21.2 Å². The van der Waals surface area contributed by atoms with Crippen molar-refractivity contribution in [1.29, 1.82) is 0 Å². The number of alkyl halides is 3. The molecule has 0 spiro atoms. The van der Waals surface area contributed by atoms with Crippen LogP contribution in [-0.2, 0) is 0 Å². The summed E-state index contributed by atoms with van der Waals surface area (Å²) in [5, 5.41) is 0. The van der Waals surface area contributed by atoms with Crippen LogP contribution in [0.1, 0.15) is 17.2 Å². The van der Waals surface area contributed by atoms with E-state index >= 15 is 0 Å². The molecule has 0 N–H and O–H groups in total. The van der Waals surface area contributed by atoms with Gasteiger partial charge in [0, 0.05) is 5.56 Å². The van der Waals surface area contributed by atoms with E-state index in [0.29, 0.717) is 0 Å². The minimum Gasteiger partial charge on any atom is -0.496 e. The molecule has 0 fully saturated rings. The average molecular weight is 247 g/mol. The Morgan fingerprint density at radius 1 is 1.24 bits per heavy atom. The first-order valence-electron chi connectivity index (χ1n) is 5.15. The van der Waals surface area contributed by atoms with Gasteiger partial charge in [-0.2, -0.15) is 13.2 Å². The third-order valence-corrected chi connectivity index (χ3v) is 2.51. The second kappa shape index (κ2) is 4.96. The molecule has 1 aromatic carbocycles. The minimum atomic E-state index is -4.33. The first-order valence-corrected chi connectivity index (χ1v) is 5.15. The molecule has 0 radical (unpaired) electrons. The number of ether oxygens (including phenoxy) is 1. The largest absolute Gasteiger partial charge is 0.496 e. The summed E-state index contributed by atoms with van der Waals surface area (Å²) in [6.07, 6.45) is -4.33. The van der Waals surface area contributed by atoms with Crippen molar-refractivity contribution >= 4 is 0 Å². The van der Waals surface area contributed by atoms with E-state index in [4.69, 9.17) is 4.74 Å². The quantitative estimate of drug-likeness (QED) is 0.813. The minimum absolute atomic E-state index is 0.144. The van der Waals surface area contributed by atoms with Crippen LogP contribution >= 0.6 is 0 Å². The molecular weight excluding hydrogens is 231 g/mol. The number of benzene rings is 1. The van der Waals surface area contributed by atoms with Gasteiger partial charge in [0.05, 0.1) is 7.11 Å². The van der Waals surface area contributed by atoms with E-state index in [1.807, 2.05) is 0 Å². The van der Waals surface area contributed by atoms with Crippen LogP contribution in [-0.4, -0.2) is 32.3 Å². The zero-order valence-corrected chi connectivity index (χ0v) is 10.3. The molecule has 1 aromatic rings. The van der Waals surface area contributed by atoms with Crippen LogP contribution in [0.3, 0.4) is 0 Å². The number of aryl methyl sites for hydroxylation is 1. The van der Waals surface area contributed by atoms with Gasteiger partial charge in [-0.1, -0.05) is 17.7 Å². The highest BCUT2D eigenvalue weighted by molar-refractivity contribution is 5.39. The smallest absolute Gasteiger partial charge is 0.408 e. The SMILES string of the molecule is COc1ccc(C)cc1C(N(C)C)C(F)(F)F. The second-order valence-electron chi connectivity index (χ2n) is 4.15. The van der Waals surface area contributed by atoms with Gasteiger partial charge in [0.25, 0.3) is 0 Å². The maximum Gasteiger partial charge on any atom is 0.408 e. The van der Waals surface area contributed by atoms with Crippen LogP contribution in [0, 0.1) is 6.92 Å². The van der Waals surface area contributed by atoms with Crippen LogP contribution in [0.2, 0.25) is 0 Å².